The van der Waals surface area contributed by atoms with E-state index >= 15 is 0 Å². The topological polar surface area (TPSA) is 50.7 Å². The van der Waals surface area contributed by atoms with Crippen LogP contribution in [0.5, 0.6) is 0 Å². The highest BCUT2D eigenvalue weighted by atomic mass is 35.5. The molecule has 0 radical (unpaired) electrons. The zero-order chi connectivity index (χ0) is 11.6. The number of hydrogen-bond donors (Lipinski definition) is 1. The van der Waals surface area contributed by atoms with E-state index in [4.69, 9.17) is 23.2 Å². The molecule has 2 heterocycles. The SMILES string of the molecule is CC1(CNc2nc(Cl)nc(Cl)n2)CCCS1. The third-order valence-electron chi connectivity index (χ3n) is 2.50. The molecule has 1 aliphatic heterocycles. The lowest BCUT2D eigenvalue weighted by molar-refractivity contribution is 0.632. The van der Waals surface area contributed by atoms with Gasteiger partial charge in [-0.1, -0.05) is 0 Å². The summed E-state index contributed by atoms with van der Waals surface area (Å²) in [4.78, 5) is 11.6. The summed E-state index contributed by atoms with van der Waals surface area (Å²) in [6, 6.07) is 0. The Labute approximate surface area is 109 Å². The van der Waals surface area contributed by atoms with Gasteiger partial charge in [-0.2, -0.15) is 26.7 Å². The predicted molar refractivity (Wildman–Crippen MR) is 68.4 cm³/mol. The summed E-state index contributed by atoms with van der Waals surface area (Å²) in [5, 5.41) is 3.39. The molecule has 2 rings (SSSR count). The van der Waals surface area contributed by atoms with Gasteiger partial charge in [0, 0.05) is 11.3 Å². The van der Waals surface area contributed by atoms with E-state index < -0.39 is 0 Å². The summed E-state index contributed by atoms with van der Waals surface area (Å²) in [5.74, 6) is 1.66. The Hall–Kier alpha value is -0.260. The molecular weight excluding hydrogens is 267 g/mol. The molecule has 7 heteroatoms. The molecule has 0 amide bonds. The van der Waals surface area contributed by atoms with Crippen molar-refractivity contribution in [2.24, 2.45) is 0 Å². The molecule has 0 bridgehead atoms. The Morgan fingerprint density at radius 1 is 1.31 bits per heavy atom. The fourth-order valence-corrected chi connectivity index (χ4v) is 3.26. The van der Waals surface area contributed by atoms with Crippen LogP contribution in [0.4, 0.5) is 5.95 Å². The number of thioether (sulfide) groups is 1. The van der Waals surface area contributed by atoms with E-state index in [1.807, 2.05) is 11.8 Å². The first-order chi connectivity index (χ1) is 7.57. The van der Waals surface area contributed by atoms with Crippen molar-refractivity contribution < 1.29 is 0 Å². The second-order valence-electron chi connectivity index (χ2n) is 3.95. The van der Waals surface area contributed by atoms with Crippen molar-refractivity contribution in [3.8, 4) is 0 Å². The molecule has 1 aromatic heterocycles. The van der Waals surface area contributed by atoms with Gasteiger partial charge in [-0.25, -0.2) is 0 Å². The van der Waals surface area contributed by atoms with Gasteiger partial charge in [-0.3, -0.25) is 0 Å². The van der Waals surface area contributed by atoms with E-state index in [0.717, 1.165) is 6.54 Å². The summed E-state index contributed by atoms with van der Waals surface area (Å²) < 4.78 is 0.256. The lowest BCUT2D eigenvalue weighted by Crippen LogP contribution is -2.27. The Bertz CT molecular complexity index is 362. The summed E-state index contributed by atoms with van der Waals surface area (Å²) in [6.07, 6.45) is 2.47. The number of nitrogens with zero attached hydrogens (tertiary/aromatic N) is 3. The monoisotopic (exact) mass is 278 g/mol. The Morgan fingerprint density at radius 3 is 2.56 bits per heavy atom. The van der Waals surface area contributed by atoms with Crippen LogP contribution in [0.15, 0.2) is 0 Å². The van der Waals surface area contributed by atoms with Gasteiger partial charge in [0.2, 0.25) is 16.5 Å². The number of anilines is 1. The standard InChI is InChI=1S/C9H12Cl2N4S/c1-9(3-2-4-16-9)5-12-8-14-6(10)13-7(11)15-8/h2-5H2,1H3,(H,12,13,14,15). The predicted octanol–water partition coefficient (Wildman–Crippen LogP) is 2.88. The molecule has 0 aromatic carbocycles. The van der Waals surface area contributed by atoms with Crippen LogP contribution in [-0.2, 0) is 0 Å². The first kappa shape index (κ1) is 12.2. The maximum absolute atomic E-state index is 5.69. The van der Waals surface area contributed by atoms with Crippen molar-refractivity contribution in [2.45, 2.75) is 24.5 Å². The lowest BCUT2D eigenvalue weighted by atomic mass is 10.1. The van der Waals surface area contributed by atoms with E-state index in [0.29, 0.717) is 5.95 Å². The molecule has 0 spiro atoms. The smallest absolute Gasteiger partial charge is 0.228 e. The number of hydrogen-bond acceptors (Lipinski definition) is 5. The second-order valence-corrected chi connectivity index (χ2v) is 6.31. The van der Waals surface area contributed by atoms with Crippen LogP contribution >= 0.6 is 35.0 Å². The average molecular weight is 279 g/mol. The van der Waals surface area contributed by atoms with Crippen molar-refractivity contribution in [1.82, 2.24) is 15.0 Å². The fraction of sp³-hybridized carbons (Fsp3) is 0.667. The minimum atomic E-state index is 0.117. The number of aromatic nitrogens is 3. The highest BCUT2D eigenvalue weighted by molar-refractivity contribution is 8.00. The summed E-state index contributed by atoms with van der Waals surface area (Å²) in [7, 11) is 0. The first-order valence-electron chi connectivity index (χ1n) is 5.02. The van der Waals surface area contributed by atoms with Gasteiger partial charge in [0.05, 0.1) is 0 Å². The second kappa shape index (κ2) is 4.94. The molecule has 16 heavy (non-hydrogen) atoms. The first-order valence-corrected chi connectivity index (χ1v) is 6.76. The third kappa shape index (κ3) is 3.12. The maximum atomic E-state index is 5.69. The highest BCUT2D eigenvalue weighted by Crippen LogP contribution is 2.37. The van der Waals surface area contributed by atoms with Crippen molar-refractivity contribution in [2.75, 3.05) is 17.6 Å². The summed E-state index contributed by atoms with van der Waals surface area (Å²) in [5.41, 5.74) is 0. The molecule has 0 saturated carbocycles. The number of halogens is 2. The van der Waals surface area contributed by atoms with Crippen molar-refractivity contribution in [1.29, 1.82) is 0 Å². The van der Waals surface area contributed by atoms with Crippen LogP contribution in [0.3, 0.4) is 0 Å². The normalized spacial score (nSPS) is 24.7. The lowest BCUT2D eigenvalue weighted by Gasteiger charge is -2.22. The summed E-state index contributed by atoms with van der Waals surface area (Å²) >= 11 is 13.3. The molecule has 88 valence electrons. The van der Waals surface area contributed by atoms with Gasteiger partial charge >= 0.3 is 0 Å². The molecule has 1 aliphatic rings. The number of nitrogens with one attached hydrogen (secondary N) is 1. The molecule has 0 aliphatic carbocycles. The molecule has 1 aromatic rings. The quantitative estimate of drug-likeness (QED) is 0.922. The van der Waals surface area contributed by atoms with Gasteiger partial charge in [0.25, 0.3) is 0 Å². The van der Waals surface area contributed by atoms with Gasteiger partial charge in [-0.05, 0) is 48.7 Å². The molecule has 4 nitrogen and oxygen atoms in total. The molecule has 1 fully saturated rings. The number of rotatable bonds is 3. The van der Waals surface area contributed by atoms with Gasteiger partial charge in [0.15, 0.2) is 0 Å². The van der Waals surface area contributed by atoms with Gasteiger partial charge in [-0.15, -0.1) is 0 Å². The fourth-order valence-electron chi connectivity index (χ4n) is 1.65. The van der Waals surface area contributed by atoms with Crippen LogP contribution in [-0.4, -0.2) is 32.0 Å². The van der Waals surface area contributed by atoms with Crippen LogP contribution < -0.4 is 5.32 Å². The zero-order valence-corrected chi connectivity index (χ0v) is 11.2. The largest absolute Gasteiger partial charge is 0.353 e. The molecule has 1 N–H and O–H groups in total. The van der Waals surface area contributed by atoms with E-state index in [-0.39, 0.29) is 15.3 Å². The molecule has 1 unspecified atom stereocenters. The van der Waals surface area contributed by atoms with Crippen LogP contribution in [0.1, 0.15) is 19.8 Å². The van der Waals surface area contributed by atoms with E-state index in [2.05, 4.69) is 27.2 Å². The zero-order valence-electron chi connectivity index (χ0n) is 8.83. The molecule has 1 atom stereocenters. The van der Waals surface area contributed by atoms with Crippen molar-refractivity contribution in [3.63, 3.8) is 0 Å². The average Bonchev–Trinajstić information content (AvgIpc) is 2.62. The summed E-state index contributed by atoms with van der Waals surface area (Å²) in [6.45, 7) is 3.05. The Morgan fingerprint density at radius 2 is 2.00 bits per heavy atom. The Balaban J connectivity index is 1.98. The van der Waals surface area contributed by atoms with Crippen molar-refractivity contribution >= 4 is 40.9 Å². The van der Waals surface area contributed by atoms with E-state index in [1.165, 1.54) is 18.6 Å². The molecule has 1 saturated heterocycles. The molecular formula is C9H12Cl2N4S. The van der Waals surface area contributed by atoms with E-state index in [1.54, 1.807) is 0 Å². The minimum Gasteiger partial charge on any atom is -0.353 e. The van der Waals surface area contributed by atoms with Crippen LogP contribution in [0.2, 0.25) is 10.6 Å². The van der Waals surface area contributed by atoms with Gasteiger partial charge in [0.1, 0.15) is 0 Å². The highest BCUT2D eigenvalue weighted by Gasteiger charge is 2.29. The maximum Gasteiger partial charge on any atom is 0.228 e. The van der Waals surface area contributed by atoms with Crippen LogP contribution in [0, 0.1) is 0 Å². The van der Waals surface area contributed by atoms with E-state index in [9.17, 15) is 0 Å². The van der Waals surface area contributed by atoms with Gasteiger partial charge < -0.3 is 5.32 Å². The third-order valence-corrected chi connectivity index (χ3v) is 4.38. The minimum absolute atomic E-state index is 0.117. The Kier molecular flexibility index (Phi) is 3.77. The van der Waals surface area contributed by atoms with Crippen molar-refractivity contribution in [3.05, 3.63) is 10.6 Å². The van der Waals surface area contributed by atoms with Crippen LogP contribution in [0.25, 0.3) is 0 Å².